The lowest BCUT2D eigenvalue weighted by Gasteiger charge is -1.31. The Morgan fingerprint density at radius 2 is 1.29 bits per heavy atom. The molecule has 0 saturated heterocycles. The van der Waals surface area contributed by atoms with Crippen LogP contribution in [-0.4, -0.2) is 6.72 Å². The van der Waals surface area contributed by atoms with E-state index >= 15 is 0 Å². The fraction of sp³-hybridized carbons (Fsp3) is 0.167. The average Bonchev–Trinajstić information content (AvgIpc) is 1.78. The molecule has 42 valence electrons. The Labute approximate surface area is 45.9 Å². The summed E-state index contributed by atoms with van der Waals surface area (Å²) in [4.78, 5) is 0. The summed E-state index contributed by atoms with van der Waals surface area (Å²) in [5.41, 5.74) is 0. The van der Waals surface area contributed by atoms with Gasteiger partial charge in [0.15, 0.2) is 0 Å². The highest BCUT2D eigenvalue weighted by Gasteiger charge is 1.15. The monoisotopic (exact) mass is 99.1 g/mol. The van der Waals surface area contributed by atoms with E-state index in [1.165, 1.54) is 0 Å². The average molecular weight is 99.2 g/mol. The zero-order chi connectivity index (χ0) is 6.71. The van der Waals surface area contributed by atoms with Crippen LogP contribution in [-0.2, 0) is 0 Å². The van der Waals surface area contributed by atoms with Gasteiger partial charge in [-0.1, -0.05) is 6.08 Å². The van der Waals surface area contributed by atoms with Crippen molar-refractivity contribution in [3.8, 4) is 0 Å². The third-order valence-corrected chi connectivity index (χ3v) is 0. The van der Waals surface area contributed by atoms with Gasteiger partial charge in [-0.25, -0.2) is 0 Å². The summed E-state index contributed by atoms with van der Waals surface area (Å²) in [7, 11) is 0. The molecule has 0 rings (SSSR count). The molecule has 0 heterocycles. The van der Waals surface area contributed by atoms with Gasteiger partial charge in [-0.15, -0.1) is 19.7 Å². The van der Waals surface area contributed by atoms with Crippen LogP contribution in [0.15, 0.2) is 25.8 Å². The van der Waals surface area contributed by atoms with E-state index in [2.05, 4.69) is 26.5 Å². The summed E-state index contributed by atoms with van der Waals surface area (Å²) in [6.45, 7) is 13.8. The highest BCUT2D eigenvalue weighted by Crippen LogP contribution is 1.38. The lowest BCUT2D eigenvalue weighted by atomic mass is 10.8. The van der Waals surface area contributed by atoms with Crippen molar-refractivity contribution in [1.82, 2.24) is 0 Å². The Kier molecular flexibility index (Phi) is 9260. The summed E-state index contributed by atoms with van der Waals surface area (Å²) in [5, 5.41) is 5.50. The van der Waals surface area contributed by atoms with Crippen LogP contribution in [0.2, 0.25) is 0 Å². The number of hydrogen-bond acceptors (Lipinski definition) is 1. The Balaban J connectivity index is -0.0000000360. The van der Waals surface area contributed by atoms with E-state index in [1.54, 1.807) is 6.08 Å². The largest absolute Gasteiger partial charge is 0.317 e. The molecule has 0 spiro atoms. The number of nitrogens with one attached hydrogen (secondary N) is 1. The van der Waals surface area contributed by atoms with Crippen LogP contribution in [0.1, 0.15) is 6.92 Å². The Hall–Kier alpha value is -0.850. The molecular weight excluding hydrogens is 86.1 g/mol. The van der Waals surface area contributed by atoms with Gasteiger partial charge in [-0.05, 0) is 13.6 Å². The van der Waals surface area contributed by atoms with Crippen molar-refractivity contribution in [2.45, 2.75) is 6.92 Å². The standard InChI is InChI=1S/C3H6.C2H4.CH3N/c1-3-2;2*1-2/h3H,1H2,2H3;1-2H2;2H,1H2. The van der Waals surface area contributed by atoms with Crippen molar-refractivity contribution in [1.29, 1.82) is 5.41 Å². The normalized spacial score (nSPS) is 3.00. The van der Waals surface area contributed by atoms with E-state index in [1.807, 2.05) is 6.92 Å². The highest BCUT2D eigenvalue weighted by molar-refractivity contribution is 5.15. The van der Waals surface area contributed by atoms with Crippen molar-refractivity contribution in [3.63, 3.8) is 0 Å². The minimum absolute atomic E-state index is 1.75. The van der Waals surface area contributed by atoms with Crippen LogP contribution in [0.3, 0.4) is 0 Å². The molecule has 0 aliphatic carbocycles. The first-order valence-electron chi connectivity index (χ1n) is 1.84. The summed E-state index contributed by atoms with van der Waals surface area (Å²) >= 11 is 0. The molecule has 0 saturated carbocycles. The van der Waals surface area contributed by atoms with Gasteiger partial charge in [0.1, 0.15) is 0 Å². The van der Waals surface area contributed by atoms with Gasteiger partial charge in [0.05, 0.1) is 0 Å². The van der Waals surface area contributed by atoms with Crippen LogP contribution in [0.25, 0.3) is 0 Å². The molecule has 1 N–H and O–H groups in total. The van der Waals surface area contributed by atoms with E-state index in [4.69, 9.17) is 5.41 Å². The predicted molar refractivity (Wildman–Crippen MR) is 37.0 cm³/mol. The zero-order valence-corrected chi connectivity index (χ0v) is 4.91. The van der Waals surface area contributed by atoms with E-state index in [-0.39, 0.29) is 0 Å². The van der Waals surface area contributed by atoms with Gasteiger partial charge in [-0.2, -0.15) is 0 Å². The number of allylic oxidation sites excluding steroid dienone is 1. The van der Waals surface area contributed by atoms with Gasteiger partial charge >= 0.3 is 0 Å². The van der Waals surface area contributed by atoms with Gasteiger partial charge in [0, 0.05) is 0 Å². The minimum atomic E-state index is 1.75. The second-order valence-corrected chi connectivity index (χ2v) is 0.408. The maximum atomic E-state index is 5.50. The van der Waals surface area contributed by atoms with Crippen molar-refractivity contribution in [2.75, 3.05) is 0 Å². The number of hydrogen-bond donors (Lipinski definition) is 1. The Morgan fingerprint density at radius 1 is 1.29 bits per heavy atom. The minimum Gasteiger partial charge on any atom is -0.317 e. The molecule has 1 nitrogen and oxygen atoms in total. The fourth-order valence-corrected chi connectivity index (χ4v) is 0. The van der Waals surface area contributed by atoms with Crippen LogP contribution < -0.4 is 0 Å². The maximum absolute atomic E-state index is 5.50. The van der Waals surface area contributed by atoms with Gasteiger partial charge in [0.25, 0.3) is 0 Å². The first-order chi connectivity index (χ1) is 3.41. The lowest BCUT2D eigenvalue weighted by molar-refractivity contribution is 1.61. The topological polar surface area (TPSA) is 23.9 Å². The smallest absolute Gasteiger partial charge is 0.0187 e. The third kappa shape index (κ3) is 70.7. The lowest BCUT2D eigenvalue weighted by Crippen LogP contribution is -1.07. The van der Waals surface area contributed by atoms with E-state index in [9.17, 15) is 0 Å². The van der Waals surface area contributed by atoms with Crippen LogP contribution >= 0.6 is 0 Å². The fourth-order valence-electron chi connectivity index (χ4n) is 0. The summed E-state index contributed by atoms with van der Waals surface area (Å²) in [6, 6.07) is 0. The molecular formula is C6H13N. The molecule has 7 heavy (non-hydrogen) atoms. The number of rotatable bonds is 0. The summed E-state index contributed by atoms with van der Waals surface area (Å²) in [5.74, 6) is 0. The second-order valence-electron chi connectivity index (χ2n) is 0.408. The Bertz CT molecular complexity index is 23.4. The molecule has 0 bridgehead atoms. The summed E-state index contributed by atoms with van der Waals surface area (Å²) < 4.78 is 0. The van der Waals surface area contributed by atoms with Crippen molar-refractivity contribution in [2.24, 2.45) is 0 Å². The maximum Gasteiger partial charge on any atom is -0.0187 e. The predicted octanol–water partition coefficient (Wildman–Crippen LogP) is 2.26. The SMILES string of the molecule is C=C.C=CC.C=N. The first kappa shape index (κ1) is 16.4. The molecule has 0 aliphatic heterocycles. The highest BCUT2D eigenvalue weighted by atomic mass is 14.2. The Morgan fingerprint density at radius 3 is 1.29 bits per heavy atom. The molecule has 0 unspecified atom stereocenters. The van der Waals surface area contributed by atoms with Crippen molar-refractivity contribution in [3.05, 3.63) is 25.8 Å². The van der Waals surface area contributed by atoms with E-state index in [0.717, 1.165) is 0 Å². The van der Waals surface area contributed by atoms with Gasteiger partial charge < -0.3 is 5.41 Å². The molecule has 0 aliphatic rings. The van der Waals surface area contributed by atoms with Crippen LogP contribution in [0.5, 0.6) is 0 Å². The molecule has 0 radical (unpaired) electrons. The molecule has 0 aromatic carbocycles. The molecule has 1 heteroatoms. The molecule has 0 fully saturated rings. The van der Waals surface area contributed by atoms with E-state index < -0.39 is 0 Å². The van der Waals surface area contributed by atoms with Crippen molar-refractivity contribution < 1.29 is 0 Å². The first-order valence-corrected chi connectivity index (χ1v) is 1.84. The van der Waals surface area contributed by atoms with E-state index in [0.29, 0.717) is 0 Å². The zero-order valence-electron chi connectivity index (χ0n) is 4.91. The molecule has 0 aromatic heterocycles. The second kappa shape index (κ2) is 3940. The van der Waals surface area contributed by atoms with Gasteiger partial charge in [0.2, 0.25) is 0 Å². The molecule has 0 aromatic rings. The van der Waals surface area contributed by atoms with Crippen molar-refractivity contribution >= 4 is 6.72 Å². The molecule has 0 atom stereocenters. The third-order valence-electron chi connectivity index (χ3n) is 0. The van der Waals surface area contributed by atoms with Crippen LogP contribution in [0.4, 0.5) is 0 Å². The summed E-state index contributed by atoms with van der Waals surface area (Å²) in [6.07, 6.45) is 1.75. The molecule has 0 amide bonds. The van der Waals surface area contributed by atoms with Crippen LogP contribution in [0, 0.1) is 5.41 Å². The quantitative estimate of drug-likeness (QED) is 0.356. The van der Waals surface area contributed by atoms with Gasteiger partial charge in [-0.3, -0.25) is 0 Å².